The third kappa shape index (κ3) is 2.97. The summed E-state index contributed by atoms with van der Waals surface area (Å²) in [6.07, 6.45) is 1.11. The molecule has 0 fully saturated rings. The average Bonchev–Trinajstić information content (AvgIpc) is 3.02. The molecule has 150 valence electrons. The Morgan fingerprint density at radius 3 is 2.40 bits per heavy atom. The number of nitrogens with zero attached hydrogens (tertiary/aromatic N) is 2. The molecule has 0 saturated heterocycles. The Morgan fingerprint density at radius 2 is 1.57 bits per heavy atom. The zero-order valence-electron chi connectivity index (χ0n) is 17.2. The molecule has 3 nitrogen and oxygen atoms in total. The molecule has 0 radical (unpaired) electrons. The zero-order valence-corrected chi connectivity index (χ0v) is 17.2. The maximum atomic E-state index is 3.90. The number of fused-ring (bicyclic) bond motifs is 3. The molecule has 6 rings (SSSR count). The molecule has 30 heavy (non-hydrogen) atoms. The molecule has 1 aromatic heterocycles. The molecular formula is C27H27N3. The molecule has 2 aliphatic heterocycles. The fourth-order valence-electron chi connectivity index (χ4n) is 5.54. The first-order chi connectivity index (χ1) is 14.9. The van der Waals surface area contributed by atoms with E-state index in [-0.39, 0.29) is 0 Å². The van der Waals surface area contributed by atoms with Gasteiger partial charge in [0.15, 0.2) is 0 Å². The summed E-state index contributed by atoms with van der Waals surface area (Å²) >= 11 is 0. The monoisotopic (exact) mass is 393 g/mol. The minimum Gasteiger partial charge on any atom is -0.329 e. The largest absolute Gasteiger partial charge is 0.329 e. The predicted molar refractivity (Wildman–Crippen MR) is 122 cm³/mol. The highest BCUT2D eigenvalue weighted by molar-refractivity contribution is 5.86. The van der Waals surface area contributed by atoms with E-state index in [2.05, 4.69) is 99.7 Å². The molecule has 0 aliphatic carbocycles. The summed E-state index contributed by atoms with van der Waals surface area (Å²) in [4.78, 5) is 2.62. The van der Waals surface area contributed by atoms with Crippen molar-refractivity contribution < 1.29 is 0 Å². The molecule has 4 aromatic rings. The Bertz CT molecular complexity index is 1160. The first-order valence-corrected chi connectivity index (χ1v) is 11.0. The fraction of sp³-hybridized carbons (Fsp3) is 0.259. The van der Waals surface area contributed by atoms with Gasteiger partial charge in [0.05, 0.1) is 12.7 Å². The van der Waals surface area contributed by atoms with Crippen LogP contribution in [0, 0.1) is 0 Å². The van der Waals surface area contributed by atoms with Gasteiger partial charge in [0.1, 0.15) is 0 Å². The van der Waals surface area contributed by atoms with E-state index in [0.717, 1.165) is 32.7 Å². The van der Waals surface area contributed by atoms with Crippen LogP contribution in [-0.4, -0.2) is 22.6 Å². The van der Waals surface area contributed by atoms with Crippen LogP contribution in [0.5, 0.6) is 0 Å². The van der Waals surface area contributed by atoms with E-state index in [1.165, 1.54) is 27.7 Å². The highest BCUT2D eigenvalue weighted by Gasteiger charge is 2.37. The average molecular weight is 394 g/mol. The van der Waals surface area contributed by atoms with Gasteiger partial charge in [-0.15, -0.1) is 0 Å². The van der Waals surface area contributed by atoms with Gasteiger partial charge in [0.2, 0.25) is 0 Å². The summed E-state index contributed by atoms with van der Waals surface area (Å²) in [5, 5.41) is 5.34. The second-order valence-corrected chi connectivity index (χ2v) is 8.65. The normalized spacial score (nSPS) is 21.3. The van der Waals surface area contributed by atoms with E-state index >= 15 is 0 Å². The van der Waals surface area contributed by atoms with Crippen LogP contribution < -0.4 is 5.32 Å². The predicted octanol–water partition coefficient (Wildman–Crippen LogP) is 5.09. The topological polar surface area (TPSA) is 20.2 Å². The van der Waals surface area contributed by atoms with Gasteiger partial charge in [-0.3, -0.25) is 4.90 Å². The molecule has 0 bridgehead atoms. The SMILES string of the molecule is c1ccc(CN2C[C@@H](c3ccccc3)[C@@H]3NCCc4c3n(c3ccccc43)C2)cc1. The maximum Gasteiger partial charge on any atom is 0.0757 e. The van der Waals surface area contributed by atoms with Crippen molar-refractivity contribution in [1.82, 2.24) is 14.8 Å². The van der Waals surface area contributed by atoms with Crippen LogP contribution >= 0.6 is 0 Å². The van der Waals surface area contributed by atoms with E-state index < -0.39 is 0 Å². The van der Waals surface area contributed by atoms with Gasteiger partial charge in [-0.25, -0.2) is 0 Å². The van der Waals surface area contributed by atoms with Crippen molar-refractivity contribution in [3.63, 3.8) is 0 Å². The lowest BCUT2D eigenvalue weighted by Crippen LogP contribution is -2.36. The quantitative estimate of drug-likeness (QED) is 0.523. The summed E-state index contributed by atoms with van der Waals surface area (Å²) in [6.45, 7) is 4.00. The van der Waals surface area contributed by atoms with Crippen molar-refractivity contribution in [3.8, 4) is 0 Å². The number of para-hydroxylation sites is 1. The van der Waals surface area contributed by atoms with Crippen LogP contribution in [0.3, 0.4) is 0 Å². The van der Waals surface area contributed by atoms with Crippen LogP contribution in [0.25, 0.3) is 10.9 Å². The summed E-state index contributed by atoms with van der Waals surface area (Å²) in [5.41, 5.74) is 7.25. The van der Waals surface area contributed by atoms with E-state index in [1.807, 2.05) is 0 Å². The number of hydrogen-bond acceptors (Lipinski definition) is 2. The van der Waals surface area contributed by atoms with Crippen LogP contribution in [0.2, 0.25) is 0 Å². The molecule has 3 heteroatoms. The Kier molecular flexibility index (Phi) is 4.44. The Hall–Kier alpha value is -2.88. The van der Waals surface area contributed by atoms with Crippen molar-refractivity contribution in [3.05, 3.63) is 107 Å². The summed E-state index contributed by atoms with van der Waals surface area (Å²) in [6, 6.07) is 31.3. The summed E-state index contributed by atoms with van der Waals surface area (Å²) < 4.78 is 2.59. The molecular weight excluding hydrogens is 366 g/mol. The minimum atomic E-state index is 0.351. The molecule has 3 aromatic carbocycles. The van der Waals surface area contributed by atoms with Gasteiger partial charge in [0, 0.05) is 35.6 Å². The van der Waals surface area contributed by atoms with E-state index in [4.69, 9.17) is 0 Å². The molecule has 2 aliphatic rings. The maximum absolute atomic E-state index is 3.90. The number of nitrogens with one attached hydrogen (secondary N) is 1. The van der Waals surface area contributed by atoms with Crippen molar-refractivity contribution >= 4 is 10.9 Å². The van der Waals surface area contributed by atoms with Gasteiger partial charge in [-0.2, -0.15) is 0 Å². The number of benzene rings is 3. The van der Waals surface area contributed by atoms with Gasteiger partial charge in [0.25, 0.3) is 0 Å². The molecule has 2 atom stereocenters. The third-order valence-corrected chi connectivity index (χ3v) is 6.83. The van der Waals surface area contributed by atoms with Crippen LogP contribution in [-0.2, 0) is 19.6 Å². The molecule has 3 heterocycles. The van der Waals surface area contributed by atoms with Crippen LogP contribution in [0.15, 0.2) is 84.9 Å². The van der Waals surface area contributed by atoms with Gasteiger partial charge in [-0.05, 0) is 35.7 Å². The van der Waals surface area contributed by atoms with E-state index in [1.54, 1.807) is 5.56 Å². The molecule has 0 amide bonds. The van der Waals surface area contributed by atoms with Crippen molar-refractivity contribution in [2.24, 2.45) is 0 Å². The third-order valence-electron chi connectivity index (χ3n) is 6.83. The minimum absolute atomic E-state index is 0.351. The fourth-order valence-corrected chi connectivity index (χ4v) is 5.54. The highest BCUT2D eigenvalue weighted by Crippen LogP contribution is 2.42. The number of rotatable bonds is 3. The van der Waals surface area contributed by atoms with Crippen LogP contribution in [0.4, 0.5) is 0 Å². The molecule has 0 saturated carbocycles. The lowest BCUT2D eigenvalue weighted by atomic mass is 9.85. The lowest BCUT2D eigenvalue weighted by molar-refractivity contribution is 0.205. The van der Waals surface area contributed by atoms with Gasteiger partial charge >= 0.3 is 0 Å². The summed E-state index contributed by atoms with van der Waals surface area (Å²) in [7, 11) is 0. The standard InChI is InChI=1S/C27H27N3/c1-3-9-20(10-4-1)17-29-18-24(21-11-5-2-6-12-21)26-27-23(15-16-28-26)22-13-7-8-14-25(22)30(27)19-29/h1-14,24,26,28H,15-19H2/t24-,26-/m0/s1. The van der Waals surface area contributed by atoms with Gasteiger partial charge in [-0.1, -0.05) is 78.9 Å². The molecule has 0 spiro atoms. The first kappa shape index (κ1) is 17.9. The second-order valence-electron chi connectivity index (χ2n) is 8.65. The molecule has 0 unspecified atom stereocenters. The summed E-state index contributed by atoms with van der Waals surface area (Å²) in [5.74, 6) is 0.430. The second kappa shape index (κ2) is 7.42. The molecule has 1 N–H and O–H groups in total. The van der Waals surface area contributed by atoms with Gasteiger partial charge < -0.3 is 9.88 Å². The number of hydrogen-bond donors (Lipinski definition) is 1. The number of aromatic nitrogens is 1. The first-order valence-electron chi connectivity index (χ1n) is 11.0. The lowest BCUT2D eigenvalue weighted by Gasteiger charge is -2.32. The Labute approximate surface area is 177 Å². The Balaban J connectivity index is 1.51. The van der Waals surface area contributed by atoms with Crippen molar-refractivity contribution in [2.45, 2.75) is 31.6 Å². The van der Waals surface area contributed by atoms with E-state index in [0.29, 0.717) is 12.0 Å². The Morgan fingerprint density at radius 1 is 0.833 bits per heavy atom. The van der Waals surface area contributed by atoms with Crippen molar-refractivity contribution in [2.75, 3.05) is 13.1 Å². The van der Waals surface area contributed by atoms with E-state index in [9.17, 15) is 0 Å². The van der Waals surface area contributed by atoms with Crippen molar-refractivity contribution in [1.29, 1.82) is 0 Å². The van der Waals surface area contributed by atoms with Crippen LogP contribution in [0.1, 0.15) is 34.3 Å². The highest BCUT2D eigenvalue weighted by atomic mass is 15.3. The smallest absolute Gasteiger partial charge is 0.0757 e. The zero-order chi connectivity index (χ0) is 19.9.